The molecule has 0 saturated heterocycles. The molecule has 4 nitrogen and oxygen atoms in total. The van der Waals surface area contributed by atoms with E-state index in [0.717, 1.165) is 42.3 Å². The van der Waals surface area contributed by atoms with Crippen LogP contribution in [0.3, 0.4) is 0 Å². The van der Waals surface area contributed by atoms with E-state index in [0.29, 0.717) is 11.1 Å². The maximum atomic E-state index is 13.3. The molecule has 0 spiro atoms. The number of phenolic OH excluding ortho intramolecular Hbond substituents is 2. The Hall–Kier alpha value is -3.60. The van der Waals surface area contributed by atoms with Gasteiger partial charge in [-0.05, 0) is 0 Å². The summed E-state index contributed by atoms with van der Waals surface area (Å²) in [5.41, 5.74) is 1.23. The summed E-state index contributed by atoms with van der Waals surface area (Å²) in [5, 5.41) is 49.8. The number of benzene rings is 4. The van der Waals surface area contributed by atoms with Gasteiger partial charge in [0.05, 0.1) is 0 Å². The normalized spacial score (nSPS) is 15.3. The molecule has 1 heterocycles. The predicted octanol–water partition coefficient (Wildman–Crippen LogP) is 9.91. The molecule has 0 fully saturated rings. The van der Waals surface area contributed by atoms with Crippen LogP contribution in [0.2, 0.25) is 0 Å². The molecular weight excluding hydrogens is 695 g/mol. The van der Waals surface area contributed by atoms with Crippen molar-refractivity contribution in [2.24, 2.45) is 0 Å². The standard InChI is InChI=1S/C46H56O4Se/c1-41(2,3)33-25-31(26-34(39(33)47)42(4,5)6)45(49,29-19-15-13-16-20-29)37-23-24-38(51-37)46(50,30-21-17-14-18-22-30)32-27-35(43(7,8)9)40(48)36(28-32)44(10,11)12/h13-28,47-50H,1-12H3. The van der Waals surface area contributed by atoms with Gasteiger partial charge in [-0.1, -0.05) is 0 Å². The molecule has 270 valence electrons. The number of hydrogen-bond acceptors (Lipinski definition) is 4. The molecule has 5 aromatic rings. The van der Waals surface area contributed by atoms with Gasteiger partial charge in [0.25, 0.3) is 0 Å². The molecule has 4 N–H and O–H groups in total. The van der Waals surface area contributed by atoms with Gasteiger partial charge in [-0.25, -0.2) is 0 Å². The van der Waals surface area contributed by atoms with E-state index in [9.17, 15) is 20.4 Å². The Balaban J connectivity index is 1.86. The van der Waals surface area contributed by atoms with E-state index < -0.39 is 47.4 Å². The van der Waals surface area contributed by atoms with E-state index in [2.05, 4.69) is 83.1 Å². The number of hydrogen-bond donors (Lipinski definition) is 4. The van der Waals surface area contributed by atoms with Crippen LogP contribution in [-0.2, 0) is 32.9 Å². The van der Waals surface area contributed by atoms with Gasteiger partial charge in [-0.3, -0.25) is 0 Å². The zero-order valence-corrected chi connectivity index (χ0v) is 34.1. The molecule has 51 heavy (non-hydrogen) atoms. The van der Waals surface area contributed by atoms with Gasteiger partial charge >= 0.3 is 313 Å². The Labute approximate surface area is 311 Å². The van der Waals surface area contributed by atoms with Crippen molar-refractivity contribution in [3.8, 4) is 11.5 Å². The summed E-state index contributed by atoms with van der Waals surface area (Å²) < 4.78 is 1.56. The third-order valence-corrected chi connectivity index (χ3v) is 12.7. The molecule has 0 bridgehead atoms. The second kappa shape index (κ2) is 13.1. The number of aromatic hydroxyl groups is 2. The van der Waals surface area contributed by atoms with Crippen molar-refractivity contribution in [3.63, 3.8) is 0 Å². The summed E-state index contributed by atoms with van der Waals surface area (Å²) in [6.07, 6.45) is 0. The summed E-state index contributed by atoms with van der Waals surface area (Å²) in [6.45, 7) is 24.9. The quantitative estimate of drug-likeness (QED) is 0.130. The average Bonchev–Trinajstić information content (AvgIpc) is 3.54. The molecule has 4 aromatic carbocycles. The number of phenols is 2. The van der Waals surface area contributed by atoms with E-state index in [1.807, 2.05) is 97.1 Å². The van der Waals surface area contributed by atoms with Crippen LogP contribution in [-0.4, -0.2) is 34.9 Å². The Bertz CT molecular complexity index is 1800. The third kappa shape index (κ3) is 7.11. The monoisotopic (exact) mass is 752 g/mol. The summed E-state index contributed by atoms with van der Waals surface area (Å²) in [5.74, 6) is 0.517. The molecule has 0 aliphatic carbocycles. The van der Waals surface area contributed by atoms with E-state index in [1.54, 1.807) is 0 Å². The zero-order valence-electron chi connectivity index (χ0n) is 32.4. The SMILES string of the molecule is CC(C)(C)c1cc(C(O)(c2ccccc2)c2ccc(C(O)(c3ccccc3)c3cc(C(C)(C)C)c(O)c(C(C)(C)C)c3)[se]2)cc(C(C)(C)C)c1O. The van der Waals surface area contributed by atoms with Gasteiger partial charge in [0.2, 0.25) is 0 Å². The molecule has 0 saturated carbocycles. The Morgan fingerprint density at radius 1 is 0.373 bits per heavy atom. The van der Waals surface area contributed by atoms with E-state index in [4.69, 9.17) is 0 Å². The van der Waals surface area contributed by atoms with Crippen molar-refractivity contribution in [1.29, 1.82) is 0 Å². The topological polar surface area (TPSA) is 80.9 Å². The average molecular weight is 752 g/mol. The molecule has 0 amide bonds. The van der Waals surface area contributed by atoms with Crippen molar-refractivity contribution < 1.29 is 20.4 Å². The van der Waals surface area contributed by atoms with Gasteiger partial charge < -0.3 is 0 Å². The summed E-state index contributed by atoms with van der Waals surface area (Å²) >= 11 is -0.529. The van der Waals surface area contributed by atoms with Crippen LogP contribution in [0.15, 0.2) is 97.1 Å². The van der Waals surface area contributed by atoms with E-state index in [1.165, 1.54) is 0 Å². The third-order valence-electron chi connectivity index (χ3n) is 9.99. The molecule has 2 unspecified atom stereocenters. The molecule has 0 aliphatic heterocycles. The van der Waals surface area contributed by atoms with Crippen LogP contribution >= 0.6 is 0 Å². The van der Waals surface area contributed by atoms with Crippen molar-refractivity contribution in [2.45, 2.75) is 116 Å². The van der Waals surface area contributed by atoms with Crippen LogP contribution in [0.25, 0.3) is 0 Å². The minimum absolute atomic E-state index is 0.258. The molecule has 2 atom stereocenters. The predicted molar refractivity (Wildman–Crippen MR) is 211 cm³/mol. The molecule has 5 heteroatoms. The maximum absolute atomic E-state index is 13.3. The first-order chi connectivity index (χ1) is 23.4. The van der Waals surface area contributed by atoms with E-state index in [-0.39, 0.29) is 11.5 Å². The summed E-state index contributed by atoms with van der Waals surface area (Å²) in [7, 11) is 0. The van der Waals surface area contributed by atoms with Crippen LogP contribution in [0, 0.1) is 0 Å². The van der Waals surface area contributed by atoms with Crippen LogP contribution in [0.5, 0.6) is 11.5 Å². The second-order valence-corrected chi connectivity index (χ2v) is 20.4. The summed E-state index contributed by atoms with van der Waals surface area (Å²) in [4.78, 5) is 0. The second-order valence-electron chi connectivity index (χ2n) is 18.2. The first-order valence-electron chi connectivity index (χ1n) is 17.8. The van der Waals surface area contributed by atoms with Crippen LogP contribution < -0.4 is 0 Å². The van der Waals surface area contributed by atoms with Gasteiger partial charge in [-0.15, -0.1) is 0 Å². The fraction of sp³-hybridized carbons (Fsp3) is 0.391. The Morgan fingerprint density at radius 3 is 0.863 bits per heavy atom. The van der Waals surface area contributed by atoms with Gasteiger partial charge in [0.15, 0.2) is 0 Å². The Kier molecular flexibility index (Phi) is 9.93. The minimum atomic E-state index is -1.55. The molecule has 1 aromatic heterocycles. The van der Waals surface area contributed by atoms with Gasteiger partial charge in [-0.2, -0.15) is 0 Å². The fourth-order valence-corrected chi connectivity index (χ4v) is 9.64. The molecule has 0 radical (unpaired) electrons. The van der Waals surface area contributed by atoms with Crippen molar-refractivity contribution in [1.82, 2.24) is 0 Å². The summed E-state index contributed by atoms with van der Waals surface area (Å²) in [6, 6.07) is 31.2. The Morgan fingerprint density at radius 2 is 0.627 bits per heavy atom. The molecular formula is C46H56O4Se. The number of rotatable bonds is 6. The van der Waals surface area contributed by atoms with Crippen molar-refractivity contribution in [2.75, 3.05) is 0 Å². The van der Waals surface area contributed by atoms with Gasteiger partial charge in [0.1, 0.15) is 0 Å². The first-order valence-corrected chi connectivity index (χ1v) is 19.6. The molecule has 5 rings (SSSR count). The number of aliphatic hydroxyl groups is 2. The first kappa shape index (κ1) is 38.6. The molecule has 0 aliphatic rings. The van der Waals surface area contributed by atoms with Crippen molar-refractivity contribution in [3.05, 3.63) is 150 Å². The zero-order chi connectivity index (χ0) is 37.9. The van der Waals surface area contributed by atoms with Crippen molar-refractivity contribution >= 4 is 14.5 Å². The van der Waals surface area contributed by atoms with E-state index >= 15 is 0 Å². The van der Waals surface area contributed by atoms with Crippen LogP contribution in [0.1, 0.15) is 136 Å². The van der Waals surface area contributed by atoms with Gasteiger partial charge in [0, 0.05) is 0 Å². The fourth-order valence-electron chi connectivity index (χ4n) is 6.96. The van der Waals surface area contributed by atoms with Crippen LogP contribution in [0.4, 0.5) is 0 Å².